The molecule has 5 nitrogen and oxygen atoms in total. The van der Waals surface area contributed by atoms with E-state index in [1.165, 1.54) is 10.2 Å². The van der Waals surface area contributed by atoms with Crippen molar-refractivity contribution in [2.45, 2.75) is 0 Å². The van der Waals surface area contributed by atoms with Crippen molar-refractivity contribution in [2.75, 3.05) is 0 Å². The molecule has 0 aliphatic rings. The highest BCUT2D eigenvalue weighted by Gasteiger charge is 2.03. The zero-order valence-corrected chi connectivity index (χ0v) is 11.5. The van der Waals surface area contributed by atoms with Crippen molar-refractivity contribution in [3.05, 3.63) is 47.3 Å². The Bertz CT molecular complexity index is 976. The summed E-state index contributed by atoms with van der Waals surface area (Å²) in [6.45, 7) is 0. The van der Waals surface area contributed by atoms with E-state index in [0.29, 0.717) is 0 Å². The molecule has 0 fully saturated rings. The molecular formula is C14H10N5S. The fraction of sp³-hybridized carbons (Fsp3) is 0.0714. The van der Waals surface area contributed by atoms with Gasteiger partial charge in [-0.2, -0.15) is 0 Å². The van der Waals surface area contributed by atoms with Crippen molar-refractivity contribution >= 4 is 38.3 Å². The van der Waals surface area contributed by atoms with E-state index in [4.69, 9.17) is 0 Å². The van der Waals surface area contributed by atoms with Gasteiger partial charge in [0.1, 0.15) is 5.52 Å². The van der Waals surface area contributed by atoms with Crippen LogP contribution in [0.5, 0.6) is 0 Å². The van der Waals surface area contributed by atoms with Gasteiger partial charge in [-0.25, -0.2) is 4.99 Å². The van der Waals surface area contributed by atoms with Gasteiger partial charge in [-0.3, -0.25) is 5.10 Å². The average Bonchev–Trinajstić information content (AvgIpc) is 3.05. The van der Waals surface area contributed by atoms with Crippen LogP contribution < -0.4 is 4.80 Å². The van der Waals surface area contributed by atoms with Crippen LogP contribution in [0.25, 0.3) is 21.3 Å². The first-order chi connectivity index (χ1) is 9.81. The molecule has 6 heteroatoms. The van der Waals surface area contributed by atoms with Gasteiger partial charge in [0.25, 0.3) is 0 Å². The van der Waals surface area contributed by atoms with E-state index in [2.05, 4.69) is 43.2 Å². The lowest BCUT2D eigenvalue weighted by atomic mass is 10.3. The molecule has 4 aromatic rings. The molecule has 0 amide bonds. The number of H-pyrrole nitrogens is 1. The van der Waals surface area contributed by atoms with E-state index in [1.54, 1.807) is 11.3 Å². The lowest BCUT2D eigenvalue weighted by molar-refractivity contribution is 0.912. The van der Waals surface area contributed by atoms with E-state index in [0.717, 1.165) is 21.5 Å². The number of nitrogens with zero attached hydrogens (tertiary/aromatic N) is 4. The number of para-hydroxylation sites is 1. The lowest BCUT2D eigenvalue weighted by Gasteiger charge is -1.95. The molecule has 0 saturated heterocycles. The number of hydrogen-bond acceptors (Lipinski definition) is 4. The zero-order chi connectivity index (χ0) is 13.5. The summed E-state index contributed by atoms with van der Waals surface area (Å²) in [7, 11) is 2.03. The molecular weight excluding hydrogens is 270 g/mol. The smallest absolute Gasteiger partial charge is 0.190 e. The normalized spacial score (nSPS) is 12.6. The number of hydrogen-bond donors (Lipinski definition) is 1. The van der Waals surface area contributed by atoms with Crippen LogP contribution in [0.3, 0.4) is 0 Å². The van der Waals surface area contributed by atoms with Crippen LogP contribution in [0.15, 0.2) is 41.4 Å². The molecule has 1 N–H and O–H groups in total. The summed E-state index contributed by atoms with van der Waals surface area (Å²) in [5, 5.41) is 10.5. The standard InChI is InChI=1S/C14H10N5S/c1-19-12-4-2-3-5-13(12)20-14(19)15-9-6-7-10-11(8-9)17-18-16-10/h2-6,8H,1H3,(H,16,17,18). The molecule has 97 valence electrons. The van der Waals surface area contributed by atoms with E-state index < -0.39 is 0 Å². The lowest BCUT2D eigenvalue weighted by Crippen LogP contribution is -2.08. The summed E-state index contributed by atoms with van der Waals surface area (Å²) in [5.74, 6) is 0. The van der Waals surface area contributed by atoms with Gasteiger partial charge < -0.3 is 4.57 Å². The second-order valence-corrected chi connectivity index (χ2v) is 5.46. The van der Waals surface area contributed by atoms with Gasteiger partial charge in [0.05, 0.1) is 21.4 Å². The molecule has 0 unspecified atom stereocenters. The van der Waals surface area contributed by atoms with Gasteiger partial charge in [0, 0.05) is 13.1 Å². The third kappa shape index (κ3) is 1.73. The summed E-state index contributed by atoms with van der Waals surface area (Å²) in [6, 6.07) is 15.1. The minimum atomic E-state index is 0.727. The van der Waals surface area contributed by atoms with E-state index in [-0.39, 0.29) is 0 Å². The Hall–Kier alpha value is -2.47. The monoisotopic (exact) mass is 280 g/mol. The van der Waals surface area contributed by atoms with Crippen LogP contribution in [0, 0.1) is 6.07 Å². The molecule has 2 aromatic heterocycles. The first kappa shape index (κ1) is 11.4. The average molecular weight is 280 g/mol. The van der Waals surface area contributed by atoms with Crippen molar-refractivity contribution in [3.63, 3.8) is 0 Å². The topological polar surface area (TPSA) is 58.9 Å². The molecule has 1 radical (unpaired) electrons. The quantitative estimate of drug-likeness (QED) is 0.582. The van der Waals surface area contributed by atoms with Crippen molar-refractivity contribution in [1.82, 2.24) is 20.0 Å². The SMILES string of the molecule is Cn1c(=Nc2c[c]c3nn[nH]c3c2)sc2ccccc21. The Kier molecular flexibility index (Phi) is 2.43. The van der Waals surface area contributed by atoms with Crippen LogP contribution in [0.2, 0.25) is 0 Å². The van der Waals surface area contributed by atoms with E-state index in [1.807, 2.05) is 31.3 Å². The summed E-state index contributed by atoms with van der Waals surface area (Å²) < 4.78 is 3.32. The Balaban J connectivity index is 1.94. The molecule has 0 atom stereocenters. The van der Waals surface area contributed by atoms with E-state index >= 15 is 0 Å². The van der Waals surface area contributed by atoms with Crippen molar-refractivity contribution in [1.29, 1.82) is 0 Å². The molecule has 0 bridgehead atoms. The van der Waals surface area contributed by atoms with Crippen molar-refractivity contribution < 1.29 is 0 Å². The van der Waals surface area contributed by atoms with Crippen LogP contribution in [-0.4, -0.2) is 20.0 Å². The second-order valence-electron chi connectivity index (χ2n) is 4.46. The van der Waals surface area contributed by atoms with Gasteiger partial charge in [0.2, 0.25) is 0 Å². The molecule has 20 heavy (non-hydrogen) atoms. The third-order valence-corrected chi connectivity index (χ3v) is 4.28. The number of nitrogens with one attached hydrogen (secondary N) is 1. The van der Waals surface area contributed by atoms with Crippen LogP contribution in [0.4, 0.5) is 5.69 Å². The van der Waals surface area contributed by atoms with Crippen molar-refractivity contribution in [2.24, 2.45) is 12.0 Å². The Labute approximate surface area is 118 Å². The summed E-state index contributed by atoms with van der Waals surface area (Å²) in [4.78, 5) is 5.63. The summed E-state index contributed by atoms with van der Waals surface area (Å²) in [5.41, 5.74) is 3.59. The van der Waals surface area contributed by atoms with Crippen LogP contribution in [0.1, 0.15) is 0 Å². The predicted octanol–water partition coefficient (Wildman–Crippen LogP) is 2.54. The maximum absolute atomic E-state index is 4.68. The summed E-state index contributed by atoms with van der Waals surface area (Å²) >= 11 is 1.67. The molecule has 0 aliphatic carbocycles. The maximum atomic E-state index is 4.68. The highest BCUT2D eigenvalue weighted by Crippen LogP contribution is 2.19. The van der Waals surface area contributed by atoms with Gasteiger partial charge >= 0.3 is 0 Å². The highest BCUT2D eigenvalue weighted by molar-refractivity contribution is 7.16. The number of rotatable bonds is 1. The Morgan fingerprint density at radius 3 is 3.15 bits per heavy atom. The molecule has 0 saturated carbocycles. The van der Waals surface area contributed by atoms with Crippen LogP contribution >= 0.6 is 11.3 Å². The van der Waals surface area contributed by atoms with Gasteiger partial charge in [-0.05, 0) is 24.3 Å². The molecule has 0 aliphatic heterocycles. The fourth-order valence-corrected chi connectivity index (χ4v) is 3.18. The Morgan fingerprint density at radius 1 is 1.35 bits per heavy atom. The van der Waals surface area contributed by atoms with Gasteiger partial charge in [-0.1, -0.05) is 28.7 Å². The first-order valence-electron chi connectivity index (χ1n) is 6.13. The summed E-state index contributed by atoms with van der Waals surface area (Å²) in [6.07, 6.45) is 0. The van der Waals surface area contributed by atoms with Crippen LogP contribution in [-0.2, 0) is 7.05 Å². The van der Waals surface area contributed by atoms with E-state index in [9.17, 15) is 0 Å². The first-order valence-corrected chi connectivity index (χ1v) is 6.95. The van der Waals surface area contributed by atoms with Gasteiger partial charge in [0.15, 0.2) is 4.80 Å². The fourth-order valence-electron chi connectivity index (χ4n) is 2.14. The predicted molar refractivity (Wildman–Crippen MR) is 78.7 cm³/mol. The number of aromatic amines is 1. The van der Waals surface area contributed by atoms with Gasteiger partial charge in [-0.15, -0.1) is 5.10 Å². The number of benzene rings is 2. The molecule has 2 aromatic carbocycles. The largest absolute Gasteiger partial charge is 0.320 e. The number of aryl methyl sites for hydroxylation is 1. The minimum absolute atomic E-state index is 0.727. The number of aromatic nitrogens is 4. The highest BCUT2D eigenvalue weighted by atomic mass is 32.1. The Morgan fingerprint density at radius 2 is 2.25 bits per heavy atom. The molecule has 0 spiro atoms. The molecule has 4 rings (SSSR count). The number of thiazole rings is 1. The number of fused-ring (bicyclic) bond motifs is 2. The minimum Gasteiger partial charge on any atom is -0.320 e. The third-order valence-electron chi connectivity index (χ3n) is 3.16. The second kappa shape index (κ2) is 4.28. The maximum Gasteiger partial charge on any atom is 0.190 e. The zero-order valence-electron chi connectivity index (χ0n) is 10.7. The molecule has 2 heterocycles. The van der Waals surface area contributed by atoms with Crippen molar-refractivity contribution in [3.8, 4) is 0 Å².